The lowest BCUT2D eigenvalue weighted by molar-refractivity contribution is -0.265. The number of fused-ring (bicyclic) bond motifs is 1. The summed E-state index contributed by atoms with van der Waals surface area (Å²) in [7, 11) is 0. The molecule has 1 aliphatic heterocycles. The lowest BCUT2D eigenvalue weighted by Gasteiger charge is -2.31. The van der Waals surface area contributed by atoms with E-state index in [1.807, 2.05) is 5.32 Å². The number of pyridine rings is 2. The third kappa shape index (κ3) is 4.85. The SMILES string of the molecule is C[C@]1(C(N)=O)COc2c1cc([C@@](O)(CNC(=O)c1cncc(C(N)=O)c1)C(F)(F)F)nc2-c1ccc(F)cc1. The molecule has 0 bridgehead atoms. The van der Waals surface area contributed by atoms with Gasteiger partial charge in [-0.1, -0.05) is 0 Å². The number of aromatic nitrogens is 2. The molecule has 1 aromatic carbocycles. The van der Waals surface area contributed by atoms with Crippen LogP contribution in [0.2, 0.25) is 0 Å². The first-order valence-corrected chi connectivity index (χ1v) is 11.2. The van der Waals surface area contributed by atoms with Crippen LogP contribution in [0, 0.1) is 5.82 Å². The highest BCUT2D eigenvalue weighted by atomic mass is 19.4. The van der Waals surface area contributed by atoms with E-state index in [1.165, 1.54) is 19.1 Å². The van der Waals surface area contributed by atoms with Gasteiger partial charge >= 0.3 is 6.18 Å². The first-order chi connectivity index (χ1) is 18.2. The van der Waals surface area contributed by atoms with Gasteiger partial charge in [0.25, 0.3) is 5.91 Å². The fourth-order valence-electron chi connectivity index (χ4n) is 3.95. The van der Waals surface area contributed by atoms with Crippen molar-refractivity contribution in [3.63, 3.8) is 0 Å². The standard InChI is InChI=1S/C25H21F4N5O5/c1-23(22(31)37)11-39-19-16(23)7-17(34-18(19)12-2-4-15(26)5-3-12)24(38,25(27,28)29)10-33-21(36)14-6-13(20(30)35)8-32-9-14/h2-9,38H,10-11H2,1H3,(H2,30,35)(H2,31,37)(H,33,36)/t23-,24-/m0/s1. The topological polar surface area (TPSA) is 171 Å². The van der Waals surface area contributed by atoms with Crippen LogP contribution >= 0.6 is 0 Å². The fraction of sp³-hybridized carbons (Fsp3) is 0.240. The van der Waals surface area contributed by atoms with Gasteiger partial charge in [0, 0.05) is 23.5 Å². The number of aliphatic hydroxyl groups is 1. The predicted molar refractivity (Wildman–Crippen MR) is 127 cm³/mol. The number of rotatable bonds is 7. The Bertz CT molecular complexity index is 1480. The largest absolute Gasteiger partial charge is 0.489 e. The van der Waals surface area contributed by atoms with Crippen LogP contribution in [0.1, 0.15) is 38.9 Å². The molecule has 0 saturated carbocycles. The van der Waals surface area contributed by atoms with Crippen molar-refractivity contribution >= 4 is 17.7 Å². The van der Waals surface area contributed by atoms with Gasteiger partial charge < -0.3 is 26.6 Å². The number of nitrogens with one attached hydrogen (secondary N) is 1. The lowest BCUT2D eigenvalue weighted by Crippen LogP contribution is -2.51. The first-order valence-electron chi connectivity index (χ1n) is 11.2. The Kier molecular flexibility index (Phi) is 6.77. The smallest absolute Gasteiger partial charge is 0.424 e. The second-order valence-corrected chi connectivity index (χ2v) is 9.09. The molecule has 0 aliphatic carbocycles. The fourth-order valence-corrected chi connectivity index (χ4v) is 3.95. The molecule has 14 heteroatoms. The zero-order valence-corrected chi connectivity index (χ0v) is 20.2. The Morgan fingerprint density at radius 1 is 1.10 bits per heavy atom. The van der Waals surface area contributed by atoms with Crippen molar-refractivity contribution in [2.24, 2.45) is 11.5 Å². The minimum absolute atomic E-state index is 0.0606. The number of ether oxygens (including phenoxy) is 1. The summed E-state index contributed by atoms with van der Waals surface area (Å²) in [5.41, 5.74) is 3.73. The van der Waals surface area contributed by atoms with Gasteiger partial charge in [0.1, 0.15) is 29.3 Å². The molecule has 10 nitrogen and oxygen atoms in total. The van der Waals surface area contributed by atoms with Crippen LogP contribution in [0.15, 0.2) is 48.8 Å². The predicted octanol–water partition coefficient (Wildman–Crippen LogP) is 1.70. The first kappa shape index (κ1) is 27.4. The van der Waals surface area contributed by atoms with Gasteiger partial charge in [-0.25, -0.2) is 9.37 Å². The zero-order valence-electron chi connectivity index (χ0n) is 20.2. The Morgan fingerprint density at radius 2 is 1.74 bits per heavy atom. The molecule has 0 saturated heterocycles. The molecule has 3 heterocycles. The molecule has 3 aromatic rings. The summed E-state index contributed by atoms with van der Waals surface area (Å²) < 4.78 is 62.4. The maximum Gasteiger partial charge on any atom is 0.424 e. The van der Waals surface area contributed by atoms with E-state index in [0.29, 0.717) is 0 Å². The number of hydrogen-bond acceptors (Lipinski definition) is 7. The summed E-state index contributed by atoms with van der Waals surface area (Å²) in [4.78, 5) is 43.9. The van der Waals surface area contributed by atoms with Crippen LogP contribution in [-0.2, 0) is 15.8 Å². The normalized spacial score (nSPS) is 18.0. The van der Waals surface area contributed by atoms with E-state index in [0.717, 1.165) is 36.7 Å². The minimum Gasteiger partial charge on any atom is -0.489 e. The zero-order chi connectivity index (χ0) is 28.8. The molecule has 4 rings (SSSR count). The lowest BCUT2D eigenvalue weighted by atomic mass is 9.81. The number of alkyl halides is 3. The van der Waals surface area contributed by atoms with Crippen molar-refractivity contribution in [1.29, 1.82) is 0 Å². The molecule has 39 heavy (non-hydrogen) atoms. The Hall–Kier alpha value is -4.59. The maximum absolute atomic E-state index is 14.4. The molecule has 204 valence electrons. The molecular weight excluding hydrogens is 526 g/mol. The van der Waals surface area contributed by atoms with Crippen molar-refractivity contribution in [3.8, 4) is 17.0 Å². The second-order valence-electron chi connectivity index (χ2n) is 9.09. The van der Waals surface area contributed by atoms with Gasteiger partial charge in [0.05, 0.1) is 23.4 Å². The van der Waals surface area contributed by atoms with Crippen LogP contribution in [0.4, 0.5) is 17.6 Å². The number of nitrogens with two attached hydrogens (primary N) is 2. The number of carbonyl (C=O) groups is 3. The van der Waals surface area contributed by atoms with E-state index >= 15 is 0 Å². The second kappa shape index (κ2) is 9.62. The number of carbonyl (C=O) groups excluding carboxylic acids is 3. The maximum atomic E-state index is 14.4. The minimum atomic E-state index is -5.39. The van der Waals surface area contributed by atoms with Crippen LogP contribution in [0.5, 0.6) is 5.75 Å². The average Bonchev–Trinajstić information content (AvgIpc) is 3.24. The average molecular weight is 547 g/mol. The van der Waals surface area contributed by atoms with Crippen molar-refractivity contribution < 1.29 is 41.8 Å². The quantitative estimate of drug-likeness (QED) is 0.326. The van der Waals surface area contributed by atoms with Gasteiger partial charge in [-0.3, -0.25) is 19.4 Å². The van der Waals surface area contributed by atoms with Crippen LogP contribution in [-0.4, -0.2) is 52.1 Å². The highest BCUT2D eigenvalue weighted by molar-refractivity contribution is 5.98. The Morgan fingerprint density at radius 3 is 2.33 bits per heavy atom. The number of benzene rings is 1. The van der Waals surface area contributed by atoms with E-state index in [1.54, 1.807) is 0 Å². The summed E-state index contributed by atoms with van der Waals surface area (Å²) in [5, 5.41) is 13.0. The van der Waals surface area contributed by atoms with Crippen molar-refractivity contribution in [2.45, 2.75) is 24.1 Å². The van der Waals surface area contributed by atoms with Gasteiger partial charge in [0.2, 0.25) is 17.4 Å². The van der Waals surface area contributed by atoms with E-state index in [4.69, 9.17) is 16.2 Å². The third-order valence-electron chi connectivity index (χ3n) is 6.42. The summed E-state index contributed by atoms with van der Waals surface area (Å²) in [6.45, 7) is -0.382. The molecule has 0 spiro atoms. The molecule has 0 unspecified atom stereocenters. The van der Waals surface area contributed by atoms with Crippen LogP contribution < -0.4 is 21.5 Å². The van der Waals surface area contributed by atoms with E-state index in [-0.39, 0.29) is 40.3 Å². The summed E-state index contributed by atoms with van der Waals surface area (Å²) in [6.07, 6.45) is -3.34. The van der Waals surface area contributed by atoms with Gasteiger partial charge in [-0.05, 0) is 43.3 Å². The Labute approximate surface area is 218 Å². The monoisotopic (exact) mass is 547 g/mol. The molecule has 2 atom stereocenters. The molecule has 0 fully saturated rings. The van der Waals surface area contributed by atoms with Gasteiger partial charge in [0.15, 0.2) is 0 Å². The number of nitrogens with zero attached hydrogens (tertiary/aromatic N) is 2. The molecular formula is C25H21F4N5O5. The van der Waals surface area contributed by atoms with E-state index in [9.17, 15) is 37.1 Å². The van der Waals surface area contributed by atoms with Crippen molar-refractivity contribution in [2.75, 3.05) is 13.2 Å². The third-order valence-corrected chi connectivity index (χ3v) is 6.42. The number of primary amides is 2. The molecule has 0 radical (unpaired) electrons. The highest BCUT2D eigenvalue weighted by Gasteiger charge is 2.57. The summed E-state index contributed by atoms with van der Waals surface area (Å²) in [5.74, 6) is -3.61. The Balaban J connectivity index is 1.82. The van der Waals surface area contributed by atoms with E-state index < -0.39 is 53.0 Å². The molecule has 2 aromatic heterocycles. The number of amides is 3. The highest BCUT2D eigenvalue weighted by Crippen LogP contribution is 2.47. The summed E-state index contributed by atoms with van der Waals surface area (Å²) >= 11 is 0. The van der Waals surface area contributed by atoms with Crippen molar-refractivity contribution in [1.82, 2.24) is 15.3 Å². The van der Waals surface area contributed by atoms with Gasteiger partial charge in [-0.15, -0.1) is 0 Å². The van der Waals surface area contributed by atoms with Crippen LogP contribution in [0.3, 0.4) is 0 Å². The number of halogens is 4. The molecule has 1 aliphatic rings. The van der Waals surface area contributed by atoms with Crippen molar-refractivity contribution in [3.05, 3.63) is 77.0 Å². The summed E-state index contributed by atoms with van der Waals surface area (Å²) in [6, 6.07) is 6.42. The molecule has 3 amide bonds. The van der Waals surface area contributed by atoms with E-state index in [2.05, 4.69) is 9.97 Å². The van der Waals surface area contributed by atoms with Crippen LogP contribution in [0.25, 0.3) is 11.3 Å². The van der Waals surface area contributed by atoms with Gasteiger partial charge in [-0.2, -0.15) is 13.2 Å². The number of hydrogen-bond donors (Lipinski definition) is 4. The molecule has 6 N–H and O–H groups in total.